The Balaban J connectivity index is 2.16. The molecular weight excluding hydrogens is 282 g/mol. The number of halogens is 1. The first-order valence-corrected chi connectivity index (χ1v) is 6.10. The monoisotopic (exact) mass is 295 g/mol. The fourth-order valence-corrected chi connectivity index (χ4v) is 1.94. The zero-order valence-electron chi connectivity index (χ0n) is 9.48. The van der Waals surface area contributed by atoms with Gasteiger partial charge in [0.1, 0.15) is 5.76 Å². The predicted octanol–water partition coefficient (Wildman–Crippen LogP) is 2.49. The number of hydrazine groups is 1. The zero-order chi connectivity index (χ0) is 12.3. The van der Waals surface area contributed by atoms with E-state index in [-0.39, 0.29) is 6.04 Å². The maximum atomic E-state index is 5.56. The lowest BCUT2D eigenvalue weighted by Gasteiger charge is -2.13. The standard InChI is InChI=1S/C12H14BrN3O/c1-8-4-5-17-12(8)11(16-14)6-10-3-2-9(13)7-15-10/h2-5,7,11,16H,6,14H2,1H3. The Bertz CT molecular complexity index is 481. The van der Waals surface area contributed by atoms with E-state index in [2.05, 4.69) is 26.3 Å². The van der Waals surface area contributed by atoms with Gasteiger partial charge in [0.15, 0.2) is 0 Å². The quantitative estimate of drug-likeness (QED) is 0.672. The SMILES string of the molecule is Cc1ccoc1C(Cc1ccc(Br)cn1)NN. The van der Waals surface area contributed by atoms with E-state index in [1.54, 1.807) is 12.5 Å². The van der Waals surface area contributed by atoms with Gasteiger partial charge in [0.05, 0.1) is 12.3 Å². The van der Waals surface area contributed by atoms with Crippen LogP contribution in [0.15, 0.2) is 39.5 Å². The maximum absolute atomic E-state index is 5.56. The Hall–Kier alpha value is -1.17. The molecule has 0 amide bonds. The van der Waals surface area contributed by atoms with Crippen LogP contribution in [0.1, 0.15) is 23.1 Å². The molecule has 0 radical (unpaired) electrons. The van der Waals surface area contributed by atoms with Crippen LogP contribution in [-0.4, -0.2) is 4.98 Å². The number of nitrogens with zero attached hydrogens (tertiary/aromatic N) is 1. The lowest BCUT2D eigenvalue weighted by atomic mass is 10.1. The van der Waals surface area contributed by atoms with Gasteiger partial charge in [-0.05, 0) is 46.6 Å². The lowest BCUT2D eigenvalue weighted by molar-refractivity contribution is 0.411. The molecule has 0 aliphatic carbocycles. The molecule has 0 aliphatic heterocycles. The summed E-state index contributed by atoms with van der Waals surface area (Å²) < 4.78 is 6.40. The Morgan fingerprint density at radius 2 is 2.29 bits per heavy atom. The van der Waals surface area contributed by atoms with Gasteiger partial charge in [-0.15, -0.1) is 0 Å². The zero-order valence-corrected chi connectivity index (χ0v) is 11.1. The van der Waals surface area contributed by atoms with E-state index < -0.39 is 0 Å². The Labute approximate surface area is 108 Å². The normalized spacial score (nSPS) is 12.6. The van der Waals surface area contributed by atoms with Crippen LogP contribution >= 0.6 is 15.9 Å². The van der Waals surface area contributed by atoms with E-state index in [4.69, 9.17) is 10.3 Å². The minimum absolute atomic E-state index is 0.0568. The van der Waals surface area contributed by atoms with Gasteiger partial charge in [-0.1, -0.05) is 0 Å². The van der Waals surface area contributed by atoms with Crippen LogP contribution in [0.2, 0.25) is 0 Å². The Kier molecular flexibility index (Phi) is 3.93. The number of hydrogen-bond acceptors (Lipinski definition) is 4. The summed E-state index contributed by atoms with van der Waals surface area (Å²) >= 11 is 3.36. The van der Waals surface area contributed by atoms with Crippen molar-refractivity contribution in [1.82, 2.24) is 10.4 Å². The number of aryl methyl sites for hydroxylation is 1. The van der Waals surface area contributed by atoms with Gasteiger partial charge in [-0.25, -0.2) is 5.43 Å². The van der Waals surface area contributed by atoms with Crippen molar-refractivity contribution >= 4 is 15.9 Å². The molecule has 0 spiro atoms. The van der Waals surface area contributed by atoms with Crippen LogP contribution in [0.3, 0.4) is 0 Å². The van der Waals surface area contributed by atoms with E-state index in [9.17, 15) is 0 Å². The molecule has 3 N–H and O–H groups in total. The van der Waals surface area contributed by atoms with Gasteiger partial charge >= 0.3 is 0 Å². The number of nitrogens with one attached hydrogen (secondary N) is 1. The largest absolute Gasteiger partial charge is 0.467 e. The van der Waals surface area contributed by atoms with Gasteiger partial charge in [0.25, 0.3) is 0 Å². The van der Waals surface area contributed by atoms with Crippen molar-refractivity contribution in [2.45, 2.75) is 19.4 Å². The molecule has 1 atom stereocenters. The third kappa shape index (κ3) is 2.94. The maximum Gasteiger partial charge on any atom is 0.125 e. The molecule has 2 aromatic heterocycles. The molecule has 1 unspecified atom stereocenters. The molecule has 17 heavy (non-hydrogen) atoms. The highest BCUT2D eigenvalue weighted by Gasteiger charge is 2.16. The van der Waals surface area contributed by atoms with Crippen molar-refractivity contribution in [3.05, 3.63) is 52.1 Å². The van der Waals surface area contributed by atoms with Crippen LogP contribution in [0.25, 0.3) is 0 Å². The van der Waals surface area contributed by atoms with Crippen molar-refractivity contribution < 1.29 is 4.42 Å². The summed E-state index contributed by atoms with van der Waals surface area (Å²) in [4.78, 5) is 4.32. The number of nitrogens with two attached hydrogens (primary N) is 1. The fraction of sp³-hybridized carbons (Fsp3) is 0.250. The van der Waals surface area contributed by atoms with Crippen molar-refractivity contribution in [1.29, 1.82) is 0 Å². The topological polar surface area (TPSA) is 64.1 Å². The number of rotatable bonds is 4. The summed E-state index contributed by atoms with van der Waals surface area (Å²) in [6.07, 6.45) is 4.14. The molecule has 5 heteroatoms. The summed E-state index contributed by atoms with van der Waals surface area (Å²) in [6.45, 7) is 2.00. The van der Waals surface area contributed by atoms with E-state index in [1.807, 2.05) is 25.1 Å². The van der Waals surface area contributed by atoms with Gasteiger partial charge in [0, 0.05) is 22.8 Å². The van der Waals surface area contributed by atoms with E-state index in [1.165, 1.54) is 0 Å². The van der Waals surface area contributed by atoms with Crippen molar-refractivity contribution in [3.8, 4) is 0 Å². The van der Waals surface area contributed by atoms with Crippen LogP contribution in [-0.2, 0) is 6.42 Å². The second-order valence-corrected chi connectivity index (χ2v) is 4.77. The van der Waals surface area contributed by atoms with E-state index >= 15 is 0 Å². The smallest absolute Gasteiger partial charge is 0.125 e. The van der Waals surface area contributed by atoms with Crippen LogP contribution < -0.4 is 11.3 Å². The predicted molar refractivity (Wildman–Crippen MR) is 69.2 cm³/mol. The van der Waals surface area contributed by atoms with E-state index in [0.29, 0.717) is 6.42 Å². The molecule has 0 aromatic carbocycles. The minimum atomic E-state index is -0.0568. The van der Waals surface area contributed by atoms with Crippen LogP contribution in [0.4, 0.5) is 0 Å². The minimum Gasteiger partial charge on any atom is -0.467 e. The van der Waals surface area contributed by atoms with Gasteiger partial charge < -0.3 is 4.42 Å². The molecule has 4 nitrogen and oxygen atoms in total. The highest BCUT2D eigenvalue weighted by molar-refractivity contribution is 9.10. The molecule has 2 rings (SSSR count). The van der Waals surface area contributed by atoms with Crippen molar-refractivity contribution in [3.63, 3.8) is 0 Å². The summed E-state index contributed by atoms with van der Waals surface area (Å²) in [7, 11) is 0. The third-order valence-electron chi connectivity index (χ3n) is 2.62. The first-order chi connectivity index (χ1) is 8.20. The summed E-state index contributed by atoms with van der Waals surface area (Å²) in [5, 5.41) is 0. The highest BCUT2D eigenvalue weighted by atomic mass is 79.9. The highest BCUT2D eigenvalue weighted by Crippen LogP contribution is 2.21. The molecule has 0 aliphatic rings. The molecule has 2 aromatic rings. The van der Waals surface area contributed by atoms with Crippen molar-refractivity contribution in [2.75, 3.05) is 0 Å². The summed E-state index contributed by atoms with van der Waals surface area (Å²) in [5.74, 6) is 6.42. The van der Waals surface area contributed by atoms with E-state index in [0.717, 1.165) is 21.5 Å². The number of pyridine rings is 1. The van der Waals surface area contributed by atoms with Gasteiger partial charge in [0.2, 0.25) is 0 Å². The number of aromatic nitrogens is 1. The molecular formula is C12H14BrN3O. The average molecular weight is 296 g/mol. The molecule has 0 fully saturated rings. The molecule has 2 heterocycles. The molecule has 0 bridgehead atoms. The summed E-state index contributed by atoms with van der Waals surface area (Å²) in [5.41, 5.74) is 4.82. The Morgan fingerprint density at radius 3 is 2.82 bits per heavy atom. The third-order valence-corrected chi connectivity index (χ3v) is 3.09. The van der Waals surface area contributed by atoms with Crippen LogP contribution in [0.5, 0.6) is 0 Å². The average Bonchev–Trinajstić information content (AvgIpc) is 2.75. The number of hydrogen-bond donors (Lipinski definition) is 2. The Morgan fingerprint density at radius 1 is 1.47 bits per heavy atom. The first kappa shape index (κ1) is 12.3. The molecule has 0 saturated heterocycles. The fourth-order valence-electron chi connectivity index (χ4n) is 1.71. The molecule has 90 valence electrons. The van der Waals surface area contributed by atoms with Crippen LogP contribution in [0, 0.1) is 6.92 Å². The first-order valence-electron chi connectivity index (χ1n) is 5.31. The summed E-state index contributed by atoms with van der Waals surface area (Å²) in [6, 6.07) is 5.80. The second-order valence-electron chi connectivity index (χ2n) is 3.86. The van der Waals surface area contributed by atoms with Crippen molar-refractivity contribution in [2.24, 2.45) is 5.84 Å². The van der Waals surface area contributed by atoms with Gasteiger partial charge in [-0.3, -0.25) is 10.8 Å². The number of furan rings is 1. The van der Waals surface area contributed by atoms with Gasteiger partial charge in [-0.2, -0.15) is 0 Å². The second kappa shape index (κ2) is 5.44. The lowest BCUT2D eigenvalue weighted by Crippen LogP contribution is -2.30. The molecule has 0 saturated carbocycles.